The molecule has 1 aromatic carbocycles. The van der Waals surface area contributed by atoms with E-state index in [0.29, 0.717) is 16.6 Å². The molecule has 0 atom stereocenters. The number of carbonyl (C=O) groups is 1. The van der Waals surface area contributed by atoms with Gasteiger partial charge in [0.15, 0.2) is 17.2 Å². The molecule has 0 radical (unpaired) electrons. The van der Waals surface area contributed by atoms with Gasteiger partial charge in [-0.2, -0.15) is 10.4 Å². The van der Waals surface area contributed by atoms with Gasteiger partial charge in [-0.3, -0.25) is 4.79 Å². The van der Waals surface area contributed by atoms with E-state index in [-0.39, 0.29) is 29.4 Å². The van der Waals surface area contributed by atoms with E-state index in [4.69, 9.17) is 5.26 Å². The van der Waals surface area contributed by atoms with E-state index >= 15 is 0 Å². The average molecular weight is 373 g/mol. The van der Waals surface area contributed by atoms with E-state index in [1.165, 1.54) is 23.3 Å². The third-order valence-electron chi connectivity index (χ3n) is 4.06. The number of amides is 1. The van der Waals surface area contributed by atoms with E-state index < -0.39 is 5.91 Å². The van der Waals surface area contributed by atoms with Gasteiger partial charge < -0.3 is 5.32 Å². The predicted octanol–water partition coefficient (Wildman–Crippen LogP) is 2.53. The Morgan fingerprint density at radius 3 is 2.89 bits per heavy atom. The SMILES string of the molecule is N#Cc1cncnc1NC(=O)c1nn(Cc2ccccc2F)c2ncccc12. The minimum absolute atomic E-state index is 0.0863. The van der Waals surface area contributed by atoms with Crippen molar-refractivity contribution in [1.82, 2.24) is 24.7 Å². The van der Waals surface area contributed by atoms with Crippen LogP contribution in [0.1, 0.15) is 21.6 Å². The molecule has 0 saturated carbocycles. The van der Waals surface area contributed by atoms with Gasteiger partial charge in [-0.1, -0.05) is 18.2 Å². The Morgan fingerprint density at radius 2 is 2.07 bits per heavy atom. The van der Waals surface area contributed by atoms with Gasteiger partial charge in [0.25, 0.3) is 5.91 Å². The molecule has 4 rings (SSSR count). The lowest BCUT2D eigenvalue weighted by molar-refractivity contribution is 0.102. The van der Waals surface area contributed by atoms with Crippen molar-refractivity contribution in [3.63, 3.8) is 0 Å². The molecule has 3 aromatic heterocycles. The van der Waals surface area contributed by atoms with Crippen molar-refractivity contribution in [3.8, 4) is 6.07 Å². The number of halogens is 1. The molecule has 0 aliphatic heterocycles. The van der Waals surface area contributed by atoms with Crippen LogP contribution < -0.4 is 5.32 Å². The van der Waals surface area contributed by atoms with E-state index in [1.54, 1.807) is 36.5 Å². The van der Waals surface area contributed by atoms with Crippen molar-refractivity contribution in [1.29, 1.82) is 5.26 Å². The molecular weight excluding hydrogens is 361 g/mol. The number of rotatable bonds is 4. The Bertz CT molecular complexity index is 1230. The quantitative estimate of drug-likeness (QED) is 0.589. The highest BCUT2D eigenvalue weighted by Crippen LogP contribution is 2.20. The zero-order valence-corrected chi connectivity index (χ0v) is 14.4. The highest BCUT2D eigenvalue weighted by molar-refractivity contribution is 6.10. The summed E-state index contributed by atoms with van der Waals surface area (Å²) >= 11 is 0. The van der Waals surface area contributed by atoms with E-state index in [1.807, 2.05) is 6.07 Å². The van der Waals surface area contributed by atoms with Crippen molar-refractivity contribution >= 4 is 22.8 Å². The molecule has 4 aromatic rings. The fraction of sp³-hybridized carbons (Fsp3) is 0.0526. The summed E-state index contributed by atoms with van der Waals surface area (Å²) in [5.74, 6) is -0.837. The molecule has 8 nitrogen and oxygen atoms in total. The van der Waals surface area contributed by atoms with Crippen molar-refractivity contribution in [2.45, 2.75) is 6.54 Å². The van der Waals surface area contributed by atoms with Crippen molar-refractivity contribution < 1.29 is 9.18 Å². The highest BCUT2D eigenvalue weighted by Gasteiger charge is 2.20. The smallest absolute Gasteiger partial charge is 0.278 e. The Balaban J connectivity index is 1.73. The summed E-state index contributed by atoms with van der Waals surface area (Å²) in [6, 6.07) is 11.6. The average Bonchev–Trinajstić information content (AvgIpc) is 3.09. The third-order valence-corrected chi connectivity index (χ3v) is 4.06. The first kappa shape index (κ1) is 17.2. The summed E-state index contributed by atoms with van der Waals surface area (Å²) in [7, 11) is 0. The van der Waals surface area contributed by atoms with Gasteiger partial charge in [0.1, 0.15) is 23.8 Å². The molecule has 0 fully saturated rings. The number of hydrogen-bond donors (Lipinski definition) is 1. The van der Waals surface area contributed by atoms with Crippen molar-refractivity contribution in [2.24, 2.45) is 0 Å². The van der Waals surface area contributed by atoms with Gasteiger partial charge in [0.05, 0.1) is 18.1 Å². The fourth-order valence-corrected chi connectivity index (χ4v) is 2.75. The summed E-state index contributed by atoms with van der Waals surface area (Å²) in [4.78, 5) is 24.7. The number of fused-ring (bicyclic) bond motifs is 1. The second-order valence-electron chi connectivity index (χ2n) is 5.82. The predicted molar refractivity (Wildman–Crippen MR) is 97.7 cm³/mol. The molecule has 136 valence electrons. The third kappa shape index (κ3) is 3.14. The molecule has 0 bridgehead atoms. The Labute approximate surface area is 158 Å². The number of benzene rings is 1. The summed E-state index contributed by atoms with van der Waals surface area (Å²) in [6.45, 7) is 0.115. The number of carbonyl (C=O) groups excluding carboxylic acids is 1. The van der Waals surface area contributed by atoms with Gasteiger partial charge in [0, 0.05) is 11.8 Å². The summed E-state index contributed by atoms with van der Waals surface area (Å²) in [5, 5.41) is 16.5. The van der Waals surface area contributed by atoms with E-state index in [2.05, 4.69) is 25.4 Å². The summed E-state index contributed by atoms with van der Waals surface area (Å²) < 4.78 is 15.5. The highest BCUT2D eigenvalue weighted by atomic mass is 19.1. The topological polar surface area (TPSA) is 109 Å². The lowest BCUT2D eigenvalue weighted by atomic mass is 10.2. The van der Waals surface area contributed by atoms with Gasteiger partial charge in [0.2, 0.25) is 0 Å². The van der Waals surface area contributed by atoms with E-state index in [0.717, 1.165) is 0 Å². The molecule has 1 amide bonds. The largest absolute Gasteiger partial charge is 0.304 e. The van der Waals surface area contributed by atoms with Crippen LogP contribution in [0.15, 0.2) is 55.1 Å². The molecule has 9 heteroatoms. The minimum atomic E-state index is -0.555. The fourth-order valence-electron chi connectivity index (χ4n) is 2.75. The van der Waals surface area contributed by atoms with Crippen LogP contribution in [-0.2, 0) is 6.54 Å². The van der Waals surface area contributed by atoms with Gasteiger partial charge in [-0.15, -0.1) is 0 Å². The molecule has 28 heavy (non-hydrogen) atoms. The van der Waals surface area contributed by atoms with E-state index in [9.17, 15) is 9.18 Å². The van der Waals surface area contributed by atoms with Crippen LogP contribution in [0.25, 0.3) is 11.0 Å². The van der Waals surface area contributed by atoms with Crippen molar-refractivity contribution in [2.75, 3.05) is 5.32 Å². The molecule has 0 spiro atoms. The number of pyridine rings is 1. The second kappa shape index (κ2) is 7.20. The Hall–Kier alpha value is -4.19. The second-order valence-corrected chi connectivity index (χ2v) is 5.82. The van der Waals surface area contributed by atoms with Gasteiger partial charge in [-0.05, 0) is 18.2 Å². The lowest BCUT2D eigenvalue weighted by Gasteiger charge is -2.04. The number of nitrogens with one attached hydrogen (secondary N) is 1. The molecule has 0 aliphatic rings. The minimum Gasteiger partial charge on any atom is -0.304 e. The molecule has 0 saturated heterocycles. The normalized spacial score (nSPS) is 10.6. The zero-order valence-electron chi connectivity index (χ0n) is 14.4. The van der Waals surface area contributed by atoms with Gasteiger partial charge >= 0.3 is 0 Å². The van der Waals surface area contributed by atoms with Crippen LogP contribution in [0.5, 0.6) is 0 Å². The molecular formula is C19H12FN7O. The van der Waals surface area contributed by atoms with Crippen LogP contribution in [0.4, 0.5) is 10.2 Å². The van der Waals surface area contributed by atoms with Crippen LogP contribution in [0, 0.1) is 17.1 Å². The van der Waals surface area contributed by atoms with Crippen LogP contribution in [0.3, 0.4) is 0 Å². The first-order chi connectivity index (χ1) is 13.7. The summed E-state index contributed by atoms with van der Waals surface area (Å²) in [6.07, 6.45) is 4.10. The van der Waals surface area contributed by atoms with Crippen LogP contribution >= 0.6 is 0 Å². The number of aromatic nitrogens is 5. The molecule has 0 unspecified atom stereocenters. The standard InChI is InChI=1S/C19H12FN7O/c20-15-6-2-1-4-12(15)10-27-18-14(5-3-7-23-18)16(26-27)19(28)25-17-13(8-21)9-22-11-24-17/h1-7,9,11H,10H2,(H,22,24,25,28). The summed E-state index contributed by atoms with van der Waals surface area (Å²) in [5.41, 5.74) is 1.09. The number of hydrogen-bond acceptors (Lipinski definition) is 6. The molecule has 1 N–H and O–H groups in total. The Kier molecular flexibility index (Phi) is 4.43. The molecule has 3 heterocycles. The zero-order chi connectivity index (χ0) is 19.5. The number of nitriles is 1. The maximum atomic E-state index is 14.0. The maximum absolute atomic E-state index is 14.0. The van der Waals surface area contributed by atoms with Crippen molar-refractivity contribution in [3.05, 3.63) is 77.8 Å². The van der Waals surface area contributed by atoms with Gasteiger partial charge in [-0.25, -0.2) is 24.0 Å². The Morgan fingerprint density at radius 1 is 1.21 bits per heavy atom. The number of nitrogens with zero attached hydrogens (tertiary/aromatic N) is 6. The first-order valence-electron chi connectivity index (χ1n) is 8.24. The van der Waals surface area contributed by atoms with Crippen LogP contribution in [0.2, 0.25) is 0 Å². The number of anilines is 1. The first-order valence-corrected chi connectivity index (χ1v) is 8.24. The van der Waals surface area contributed by atoms with Crippen LogP contribution in [-0.4, -0.2) is 30.6 Å². The monoisotopic (exact) mass is 373 g/mol. The molecule has 0 aliphatic carbocycles. The maximum Gasteiger partial charge on any atom is 0.278 e. The lowest BCUT2D eigenvalue weighted by Crippen LogP contribution is -2.16.